The summed E-state index contributed by atoms with van der Waals surface area (Å²) in [6.45, 7) is 13.9. The molecule has 3 aromatic rings. The average molecular weight is 431 g/mol. The number of hydrogen-bond donors (Lipinski definition) is 0. The van der Waals surface area contributed by atoms with E-state index in [4.69, 9.17) is 0 Å². The third-order valence-corrected chi connectivity index (χ3v) is 9.37. The van der Waals surface area contributed by atoms with Gasteiger partial charge in [0.25, 0.3) is 0 Å². The van der Waals surface area contributed by atoms with Crippen molar-refractivity contribution >= 4 is 23.8 Å². The molecule has 0 saturated carbocycles. The molecule has 3 aromatic carbocycles. The summed E-state index contributed by atoms with van der Waals surface area (Å²) < 4.78 is 0. The van der Waals surface area contributed by atoms with Gasteiger partial charge < -0.3 is 0 Å². The van der Waals surface area contributed by atoms with Gasteiger partial charge in [-0.15, -0.1) is 0 Å². The van der Waals surface area contributed by atoms with Crippen molar-refractivity contribution in [3.05, 3.63) is 88.0 Å². The summed E-state index contributed by atoms with van der Waals surface area (Å²) in [6.07, 6.45) is 6.61. The number of rotatable bonds is 9. The van der Waals surface area contributed by atoms with Crippen molar-refractivity contribution < 1.29 is 0 Å². The SMILES string of the molecule is CCc1cccc(P(c2cccc(CC)c2CC)c2cccc(CC)c2CC)c1CC. The Kier molecular flexibility index (Phi) is 8.50. The van der Waals surface area contributed by atoms with Gasteiger partial charge in [-0.25, -0.2) is 0 Å². The summed E-state index contributed by atoms with van der Waals surface area (Å²) >= 11 is 0. The summed E-state index contributed by atoms with van der Waals surface area (Å²) in [4.78, 5) is 0. The van der Waals surface area contributed by atoms with Crippen LogP contribution < -0.4 is 15.9 Å². The van der Waals surface area contributed by atoms with Gasteiger partial charge in [0.1, 0.15) is 0 Å². The van der Waals surface area contributed by atoms with Gasteiger partial charge in [0.05, 0.1) is 0 Å². The van der Waals surface area contributed by atoms with E-state index in [2.05, 4.69) is 96.1 Å². The van der Waals surface area contributed by atoms with Crippen LogP contribution in [0.1, 0.15) is 74.9 Å². The molecule has 0 aliphatic carbocycles. The summed E-state index contributed by atoms with van der Waals surface area (Å²) in [6, 6.07) is 21.2. The summed E-state index contributed by atoms with van der Waals surface area (Å²) in [5.41, 5.74) is 9.27. The molecule has 0 aliphatic rings. The lowest BCUT2D eigenvalue weighted by molar-refractivity contribution is 1.04. The van der Waals surface area contributed by atoms with Crippen molar-refractivity contribution in [1.29, 1.82) is 0 Å². The number of hydrogen-bond acceptors (Lipinski definition) is 0. The molecule has 31 heavy (non-hydrogen) atoms. The van der Waals surface area contributed by atoms with Crippen LogP contribution in [0.5, 0.6) is 0 Å². The summed E-state index contributed by atoms with van der Waals surface area (Å²) in [5.74, 6) is 0. The third-order valence-electron chi connectivity index (χ3n) is 6.67. The minimum Gasteiger partial charge on any atom is -0.0613 e. The van der Waals surface area contributed by atoms with Crippen LogP contribution in [-0.4, -0.2) is 0 Å². The van der Waals surface area contributed by atoms with Crippen molar-refractivity contribution in [2.45, 2.75) is 80.1 Å². The molecule has 0 bridgehead atoms. The van der Waals surface area contributed by atoms with Gasteiger partial charge in [0.15, 0.2) is 0 Å². The smallest absolute Gasteiger partial charge is 0.0116 e. The quantitative estimate of drug-likeness (QED) is 0.327. The Hall–Kier alpha value is -1.91. The zero-order valence-corrected chi connectivity index (χ0v) is 21.3. The third kappa shape index (κ3) is 4.65. The fraction of sp³-hybridized carbons (Fsp3) is 0.400. The fourth-order valence-corrected chi connectivity index (χ4v) is 8.30. The van der Waals surface area contributed by atoms with E-state index in [1.54, 1.807) is 32.6 Å². The van der Waals surface area contributed by atoms with E-state index in [0.29, 0.717) is 0 Å². The Balaban J connectivity index is 2.41. The van der Waals surface area contributed by atoms with E-state index in [1.165, 1.54) is 16.7 Å². The molecule has 0 nitrogen and oxygen atoms in total. The molecule has 0 fully saturated rings. The van der Waals surface area contributed by atoms with Crippen LogP contribution in [0.3, 0.4) is 0 Å². The summed E-state index contributed by atoms with van der Waals surface area (Å²) in [5, 5.41) is 4.72. The van der Waals surface area contributed by atoms with Crippen molar-refractivity contribution in [3.8, 4) is 0 Å². The predicted molar refractivity (Wildman–Crippen MR) is 141 cm³/mol. The van der Waals surface area contributed by atoms with Crippen LogP contribution in [0.25, 0.3) is 0 Å². The van der Waals surface area contributed by atoms with Gasteiger partial charge in [-0.05, 0) is 95.7 Å². The highest BCUT2D eigenvalue weighted by atomic mass is 31.1. The molecule has 0 atom stereocenters. The van der Waals surface area contributed by atoms with Gasteiger partial charge in [-0.2, -0.15) is 0 Å². The molecule has 0 heterocycles. The molecule has 0 aliphatic heterocycles. The predicted octanol–water partition coefficient (Wildman–Crippen LogP) is 6.82. The summed E-state index contributed by atoms with van der Waals surface area (Å²) in [7, 11) is -0.592. The van der Waals surface area contributed by atoms with Crippen LogP contribution in [0.15, 0.2) is 54.6 Å². The van der Waals surface area contributed by atoms with E-state index in [-0.39, 0.29) is 0 Å². The molecule has 164 valence electrons. The largest absolute Gasteiger partial charge is 0.0613 e. The first-order chi connectivity index (χ1) is 15.1. The zero-order chi connectivity index (χ0) is 22.4. The van der Waals surface area contributed by atoms with E-state index in [1.807, 2.05) is 0 Å². The molecule has 0 N–H and O–H groups in total. The molecule has 0 spiro atoms. The van der Waals surface area contributed by atoms with Crippen molar-refractivity contribution in [2.75, 3.05) is 0 Å². The minimum atomic E-state index is -0.592. The first-order valence-electron chi connectivity index (χ1n) is 12.3. The molecular formula is C30H39P. The Morgan fingerprint density at radius 2 is 0.710 bits per heavy atom. The second-order valence-electron chi connectivity index (χ2n) is 8.20. The Labute approximate surface area is 191 Å². The number of aryl methyl sites for hydroxylation is 3. The van der Waals surface area contributed by atoms with Gasteiger partial charge in [0.2, 0.25) is 0 Å². The fourth-order valence-electron chi connectivity index (χ4n) is 5.10. The number of benzene rings is 3. The van der Waals surface area contributed by atoms with Gasteiger partial charge in [-0.1, -0.05) is 96.1 Å². The maximum Gasteiger partial charge on any atom is -0.0116 e. The second kappa shape index (κ2) is 11.1. The standard InChI is InChI=1S/C30H39P/c1-7-22-16-13-19-28(25(22)10-4)31(29-20-14-17-23(8-2)26(29)11-5)30-21-15-18-24(9-3)27(30)12-6/h13-21H,7-12H2,1-6H3. The Bertz CT molecular complexity index is 883. The van der Waals surface area contributed by atoms with Crippen molar-refractivity contribution in [1.82, 2.24) is 0 Å². The molecule has 0 saturated heterocycles. The van der Waals surface area contributed by atoms with Crippen LogP contribution >= 0.6 is 7.92 Å². The zero-order valence-electron chi connectivity index (χ0n) is 20.4. The van der Waals surface area contributed by atoms with Crippen LogP contribution in [-0.2, 0) is 38.5 Å². The first kappa shape index (κ1) is 23.7. The minimum absolute atomic E-state index is 0.592. The lowest BCUT2D eigenvalue weighted by Gasteiger charge is -2.29. The van der Waals surface area contributed by atoms with E-state index in [0.717, 1.165) is 38.5 Å². The molecule has 1 heteroatoms. The monoisotopic (exact) mass is 430 g/mol. The van der Waals surface area contributed by atoms with Crippen molar-refractivity contribution in [3.63, 3.8) is 0 Å². The van der Waals surface area contributed by atoms with Gasteiger partial charge >= 0.3 is 0 Å². The molecule has 0 amide bonds. The maximum atomic E-state index is 2.43. The maximum absolute atomic E-state index is 2.43. The van der Waals surface area contributed by atoms with Gasteiger partial charge in [-0.3, -0.25) is 0 Å². The lowest BCUT2D eigenvalue weighted by atomic mass is 10.0. The second-order valence-corrected chi connectivity index (χ2v) is 10.3. The van der Waals surface area contributed by atoms with E-state index in [9.17, 15) is 0 Å². The van der Waals surface area contributed by atoms with Crippen molar-refractivity contribution in [2.24, 2.45) is 0 Å². The molecule has 0 unspecified atom stereocenters. The highest BCUT2D eigenvalue weighted by molar-refractivity contribution is 7.80. The highest BCUT2D eigenvalue weighted by Gasteiger charge is 2.25. The van der Waals surface area contributed by atoms with E-state index >= 15 is 0 Å². The van der Waals surface area contributed by atoms with Gasteiger partial charge in [0, 0.05) is 0 Å². The van der Waals surface area contributed by atoms with Crippen LogP contribution in [0, 0.1) is 0 Å². The van der Waals surface area contributed by atoms with Crippen LogP contribution in [0.2, 0.25) is 0 Å². The Morgan fingerprint density at radius 3 is 0.935 bits per heavy atom. The topological polar surface area (TPSA) is 0 Å². The molecule has 3 rings (SSSR count). The molecule has 0 radical (unpaired) electrons. The lowest BCUT2D eigenvalue weighted by Crippen LogP contribution is -2.29. The molecule has 0 aromatic heterocycles. The Morgan fingerprint density at radius 1 is 0.419 bits per heavy atom. The first-order valence-corrected chi connectivity index (χ1v) is 13.6. The molecular weight excluding hydrogens is 391 g/mol. The average Bonchev–Trinajstić information content (AvgIpc) is 2.83. The normalized spacial score (nSPS) is 11.3. The highest BCUT2D eigenvalue weighted by Crippen LogP contribution is 2.39. The van der Waals surface area contributed by atoms with E-state index < -0.39 is 7.92 Å². The van der Waals surface area contributed by atoms with Crippen LogP contribution in [0.4, 0.5) is 0 Å².